The smallest absolute Gasteiger partial charge is 0.313 e. The molecule has 0 unspecified atom stereocenters. The minimum atomic E-state index is 0.0227. The number of rotatable bonds is 2. The van der Waals surface area contributed by atoms with Gasteiger partial charge in [0.15, 0.2) is 0 Å². The molecule has 0 amide bonds. The normalized spacial score (nSPS) is 15.5. The summed E-state index contributed by atoms with van der Waals surface area (Å²) < 4.78 is 5.68. The van der Waals surface area contributed by atoms with Gasteiger partial charge in [-0.3, -0.25) is 0 Å². The van der Waals surface area contributed by atoms with E-state index < -0.39 is 0 Å². The van der Waals surface area contributed by atoms with E-state index in [2.05, 4.69) is 25.0 Å². The van der Waals surface area contributed by atoms with Crippen molar-refractivity contribution in [1.82, 2.24) is 5.10 Å². The summed E-state index contributed by atoms with van der Waals surface area (Å²) in [6.07, 6.45) is 0.962. The first kappa shape index (κ1) is 12.2. The Morgan fingerprint density at radius 1 is 1.32 bits per heavy atom. The van der Waals surface area contributed by atoms with Crippen molar-refractivity contribution < 1.29 is 9.58 Å². The van der Waals surface area contributed by atoms with Crippen LogP contribution in [-0.2, 0) is 11.8 Å². The van der Waals surface area contributed by atoms with E-state index in [4.69, 9.17) is 16.3 Å². The molecule has 4 nitrogen and oxygen atoms in total. The zero-order valence-corrected chi connectivity index (χ0v) is 11.4. The molecule has 0 fully saturated rings. The molecule has 19 heavy (non-hydrogen) atoms. The molecule has 1 aromatic carbocycles. The molecule has 0 aliphatic heterocycles. The van der Waals surface area contributed by atoms with Crippen LogP contribution < -0.4 is 9.58 Å². The molecule has 2 aromatic rings. The Labute approximate surface area is 116 Å². The lowest BCUT2D eigenvalue weighted by molar-refractivity contribution is -0.667. The van der Waals surface area contributed by atoms with Crippen LogP contribution in [0.1, 0.15) is 25.0 Å². The first-order valence-electron chi connectivity index (χ1n) is 6.04. The number of benzene rings is 1. The summed E-state index contributed by atoms with van der Waals surface area (Å²) in [6.45, 7) is 4.40. The fraction of sp³-hybridized carbons (Fsp3) is 0.286. The van der Waals surface area contributed by atoms with Gasteiger partial charge in [0.05, 0.1) is 5.10 Å². The standard InChI is InChI=1S/C14H13ClN2O2/c1-14(2)8-9-10(14)4-3-5-11(9)19-13-7-6-12(15)17(18)16-13/h3-7H,8H2,1-2H3. The molecular weight excluding hydrogens is 264 g/mol. The molecule has 1 aliphatic rings. The fourth-order valence-corrected chi connectivity index (χ4v) is 2.55. The van der Waals surface area contributed by atoms with Gasteiger partial charge in [-0.2, -0.15) is 0 Å². The van der Waals surface area contributed by atoms with Gasteiger partial charge in [0.25, 0.3) is 5.88 Å². The van der Waals surface area contributed by atoms with Crippen molar-refractivity contribution in [2.75, 3.05) is 0 Å². The van der Waals surface area contributed by atoms with Crippen LogP contribution >= 0.6 is 11.6 Å². The fourth-order valence-electron chi connectivity index (χ4n) is 2.45. The van der Waals surface area contributed by atoms with Crippen molar-refractivity contribution in [3.63, 3.8) is 0 Å². The van der Waals surface area contributed by atoms with E-state index in [1.54, 1.807) is 6.07 Å². The molecule has 0 saturated carbocycles. The topological polar surface area (TPSA) is 49.1 Å². The quantitative estimate of drug-likeness (QED) is 0.626. The number of halogens is 1. The highest BCUT2D eigenvalue weighted by Crippen LogP contribution is 2.45. The van der Waals surface area contributed by atoms with E-state index >= 15 is 0 Å². The lowest BCUT2D eigenvalue weighted by Crippen LogP contribution is -2.33. The zero-order valence-electron chi connectivity index (χ0n) is 10.7. The van der Waals surface area contributed by atoms with Crippen LogP contribution in [0.25, 0.3) is 0 Å². The van der Waals surface area contributed by atoms with Gasteiger partial charge in [-0.1, -0.05) is 26.0 Å². The lowest BCUT2D eigenvalue weighted by atomic mass is 9.66. The second-order valence-electron chi connectivity index (χ2n) is 5.31. The van der Waals surface area contributed by atoms with E-state index in [0.29, 0.717) is 4.85 Å². The number of fused-ring (bicyclic) bond motifs is 1. The van der Waals surface area contributed by atoms with Crippen LogP contribution in [0, 0.1) is 5.21 Å². The average molecular weight is 277 g/mol. The summed E-state index contributed by atoms with van der Waals surface area (Å²) in [6, 6.07) is 9.00. The van der Waals surface area contributed by atoms with Gasteiger partial charge >= 0.3 is 5.15 Å². The van der Waals surface area contributed by atoms with Crippen molar-refractivity contribution in [1.29, 1.82) is 0 Å². The summed E-state index contributed by atoms with van der Waals surface area (Å²) in [7, 11) is 0. The van der Waals surface area contributed by atoms with Crippen molar-refractivity contribution in [2.45, 2.75) is 25.7 Å². The Morgan fingerprint density at radius 3 is 2.79 bits per heavy atom. The van der Waals surface area contributed by atoms with Gasteiger partial charge in [-0.25, -0.2) is 0 Å². The van der Waals surface area contributed by atoms with Crippen LogP contribution in [0.15, 0.2) is 30.3 Å². The molecule has 0 spiro atoms. The Bertz CT molecular complexity index is 656. The number of nitrogens with zero attached hydrogens (tertiary/aromatic N) is 2. The molecular formula is C14H13ClN2O2. The van der Waals surface area contributed by atoms with Gasteiger partial charge in [0, 0.05) is 12.1 Å². The number of ether oxygens (including phenoxy) is 1. The second-order valence-corrected chi connectivity index (χ2v) is 5.70. The second kappa shape index (κ2) is 4.10. The van der Waals surface area contributed by atoms with Crippen LogP contribution in [0.3, 0.4) is 0 Å². The highest BCUT2D eigenvalue weighted by Gasteiger charge is 2.36. The van der Waals surface area contributed by atoms with Crippen LogP contribution in [0.5, 0.6) is 11.6 Å². The first-order valence-corrected chi connectivity index (χ1v) is 6.42. The molecule has 1 aromatic heterocycles. The minimum absolute atomic E-state index is 0.0227. The molecule has 3 rings (SSSR count). The van der Waals surface area contributed by atoms with Gasteiger partial charge in [0.2, 0.25) is 0 Å². The third kappa shape index (κ3) is 2.02. The predicted octanol–water partition coefficient (Wildman–Crippen LogP) is 2.99. The maximum absolute atomic E-state index is 11.3. The minimum Gasteiger partial charge on any atom is -0.593 e. The van der Waals surface area contributed by atoms with Gasteiger partial charge in [-0.05, 0) is 45.5 Å². The largest absolute Gasteiger partial charge is 0.593 e. The third-order valence-electron chi connectivity index (χ3n) is 3.43. The van der Waals surface area contributed by atoms with E-state index in [9.17, 15) is 5.21 Å². The van der Waals surface area contributed by atoms with Crippen LogP contribution in [-0.4, -0.2) is 5.10 Å². The third-order valence-corrected chi connectivity index (χ3v) is 3.70. The molecule has 0 N–H and O–H groups in total. The van der Waals surface area contributed by atoms with Crippen molar-refractivity contribution in [3.8, 4) is 11.6 Å². The molecule has 1 heterocycles. The van der Waals surface area contributed by atoms with Crippen LogP contribution in [0.4, 0.5) is 0 Å². The van der Waals surface area contributed by atoms with E-state index in [0.717, 1.165) is 12.2 Å². The maximum atomic E-state index is 11.3. The molecule has 0 atom stereocenters. The number of aromatic nitrogens is 2. The summed E-state index contributed by atoms with van der Waals surface area (Å²) in [5.41, 5.74) is 2.66. The monoisotopic (exact) mass is 276 g/mol. The Hall–Kier alpha value is -1.81. The molecule has 0 radical (unpaired) electrons. The van der Waals surface area contributed by atoms with E-state index in [1.165, 1.54) is 17.2 Å². The molecule has 1 aliphatic carbocycles. The highest BCUT2D eigenvalue weighted by atomic mass is 35.5. The van der Waals surface area contributed by atoms with Gasteiger partial charge in [0.1, 0.15) is 5.75 Å². The summed E-state index contributed by atoms with van der Waals surface area (Å²) in [5.74, 6) is 1.00. The predicted molar refractivity (Wildman–Crippen MR) is 71.5 cm³/mol. The summed E-state index contributed by atoms with van der Waals surface area (Å²) in [5, 5.41) is 15.0. The number of hydrogen-bond acceptors (Lipinski definition) is 3. The van der Waals surface area contributed by atoms with Crippen molar-refractivity contribution in [2.24, 2.45) is 0 Å². The first-order chi connectivity index (χ1) is 8.97. The van der Waals surface area contributed by atoms with Gasteiger partial charge in [-0.15, -0.1) is 0 Å². The van der Waals surface area contributed by atoms with Gasteiger partial charge < -0.3 is 9.94 Å². The van der Waals surface area contributed by atoms with Crippen LogP contribution in [0.2, 0.25) is 5.15 Å². The average Bonchev–Trinajstić information content (AvgIpc) is 2.35. The van der Waals surface area contributed by atoms with Crippen molar-refractivity contribution >= 4 is 11.6 Å². The summed E-state index contributed by atoms with van der Waals surface area (Å²) in [4.78, 5) is 0.343. The zero-order chi connectivity index (χ0) is 13.6. The Kier molecular flexibility index (Phi) is 2.64. The number of hydrogen-bond donors (Lipinski definition) is 0. The SMILES string of the molecule is CC1(C)Cc2c(Oc3ccc(Cl)[n+]([O-])n3)cccc21. The lowest BCUT2D eigenvalue weighted by Gasteiger charge is -2.38. The molecule has 0 saturated heterocycles. The molecule has 98 valence electrons. The Balaban J connectivity index is 1.93. The molecule has 5 heteroatoms. The maximum Gasteiger partial charge on any atom is 0.313 e. The highest BCUT2D eigenvalue weighted by molar-refractivity contribution is 6.28. The van der Waals surface area contributed by atoms with Crippen molar-refractivity contribution in [3.05, 3.63) is 51.8 Å². The Morgan fingerprint density at radius 2 is 2.11 bits per heavy atom. The van der Waals surface area contributed by atoms with E-state index in [-0.39, 0.29) is 16.4 Å². The van der Waals surface area contributed by atoms with E-state index in [1.807, 2.05) is 12.1 Å². The summed E-state index contributed by atoms with van der Waals surface area (Å²) >= 11 is 5.62. The molecule has 0 bridgehead atoms.